The van der Waals surface area contributed by atoms with Crippen molar-refractivity contribution < 1.29 is 4.74 Å². The fourth-order valence-corrected chi connectivity index (χ4v) is 2.13. The van der Waals surface area contributed by atoms with Crippen molar-refractivity contribution >= 4 is 0 Å². The second-order valence-electron chi connectivity index (χ2n) is 4.71. The zero-order valence-electron chi connectivity index (χ0n) is 10.8. The Morgan fingerprint density at radius 1 is 1.39 bits per heavy atom. The van der Waals surface area contributed by atoms with Crippen LogP contribution in [-0.2, 0) is 14.1 Å². The number of aryl methyl sites for hydroxylation is 1. The summed E-state index contributed by atoms with van der Waals surface area (Å²) in [4.78, 5) is 23.2. The van der Waals surface area contributed by atoms with Gasteiger partial charge in [-0.3, -0.25) is 9.36 Å². The lowest BCUT2D eigenvalue weighted by molar-refractivity contribution is 0.0575. The second kappa shape index (κ2) is 4.93. The summed E-state index contributed by atoms with van der Waals surface area (Å²) < 4.78 is 7.66. The first-order valence-corrected chi connectivity index (χ1v) is 5.98. The second-order valence-corrected chi connectivity index (χ2v) is 4.71. The van der Waals surface area contributed by atoms with Crippen molar-refractivity contribution in [1.82, 2.24) is 19.7 Å². The number of ether oxygens (including phenoxy) is 1. The van der Waals surface area contributed by atoms with E-state index in [2.05, 4.69) is 10.4 Å². The number of hydrogen-bond donors (Lipinski definition) is 1. The highest BCUT2D eigenvalue weighted by atomic mass is 16.5. The van der Waals surface area contributed by atoms with Gasteiger partial charge in [-0.2, -0.15) is 0 Å². The minimum atomic E-state index is -0.477. The lowest BCUT2D eigenvalue weighted by Gasteiger charge is -2.34. The zero-order valence-corrected chi connectivity index (χ0v) is 10.8. The first kappa shape index (κ1) is 12.8. The molecule has 100 valence electrons. The Morgan fingerprint density at radius 3 is 2.67 bits per heavy atom. The van der Waals surface area contributed by atoms with Crippen molar-refractivity contribution in [3.05, 3.63) is 20.8 Å². The summed E-state index contributed by atoms with van der Waals surface area (Å²) >= 11 is 0. The highest BCUT2D eigenvalue weighted by Crippen LogP contribution is 2.29. The van der Waals surface area contributed by atoms with Crippen LogP contribution >= 0.6 is 0 Å². The van der Waals surface area contributed by atoms with Crippen molar-refractivity contribution in [1.29, 1.82) is 0 Å². The molecule has 1 aromatic heterocycles. The van der Waals surface area contributed by atoms with E-state index in [1.54, 1.807) is 0 Å². The third-order valence-corrected chi connectivity index (χ3v) is 3.26. The number of nitrogens with one attached hydrogen (secondary N) is 1. The van der Waals surface area contributed by atoms with Crippen molar-refractivity contribution in [3.63, 3.8) is 0 Å². The topological polar surface area (TPSA) is 78.2 Å². The Kier molecular flexibility index (Phi) is 3.51. The molecule has 1 saturated carbocycles. The van der Waals surface area contributed by atoms with Crippen molar-refractivity contribution in [2.24, 2.45) is 20.0 Å². The molecule has 7 heteroatoms. The molecule has 0 unspecified atom stereocenters. The van der Waals surface area contributed by atoms with Gasteiger partial charge in [-0.15, -0.1) is 5.10 Å². The summed E-state index contributed by atoms with van der Waals surface area (Å²) in [7, 11) is 4.83. The summed E-state index contributed by atoms with van der Waals surface area (Å²) in [5.41, 5.74) is -0.927. The predicted octanol–water partition coefficient (Wildman–Crippen LogP) is -1.14. The Bertz CT molecular complexity index is 542. The van der Waals surface area contributed by atoms with Crippen molar-refractivity contribution in [3.8, 4) is 5.88 Å². The molecule has 1 heterocycles. The molecule has 1 aliphatic carbocycles. The molecule has 18 heavy (non-hydrogen) atoms. The molecule has 0 bridgehead atoms. The van der Waals surface area contributed by atoms with Gasteiger partial charge < -0.3 is 10.1 Å². The van der Waals surface area contributed by atoms with Gasteiger partial charge in [-0.1, -0.05) is 0 Å². The van der Waals surface area contributed by atoms with E-state index in [-0.39, 0.29) is 12.0 Å². The van der Waals surface area contributed by atoms with Crippen LogP contribution in [0.1, 0.15) is 12.8 Å². The maximum Gasteiger partial charge on any atom is 0.347 e. The third-order valence-electron chi connectivity index (χ3n) is 3.26. The maximum atomic E-state index is 11.8. The molecule has 0 spiro atoms. The molecular formula is C11H18N4O3. The molecule has 1 aromatic rings. The van der Waals surface area contributed by atoms with Crippen LogP contribution < -0.4 is 21.3 Å². The number of hydrogen-bond acceptors (Lipinski definition) is 5. The number of aromatic nitrogens is 3. The molecule has 7 nitrogen and oxygen atoms in total. The van der Waals surface area contributed by atoms with Crippen LogP contribution in [0.25, 0.3) is 0 Å². The van der Waals surface area contributed by atoms with Crippen molar-refractivity contribution in [2.45, 2.75) is 18.9 Å². The van der Waals surface area contributed by atoms with Crippen LogP contribution in [-0.4, -0.2) is 34.0 Å². The Hall–Kier alpha value is -1.63. The van der Waals surface area contributed by atoms with E-state index in [1.165, 1.54) is 14.1 Å². The predicted molar refractivity (Wildman–Crippen MR) is 65.8 cm³/mol. The molecule has 1 N–H and O–H groups in total. The third kappa shape index (κ3) is 2.31. The molecule has 0 saturated heterocycles. The van der Waals surface area contributed by atoms with Crippen LogP contribution in [0, 0.1) is 5.92 Å². The molecule has 0 atom stereocenters. The molecular weight excluding hydrogens is 236 g/mol. The van der Waals surface area contributed by atoms with Crippen LogP contribution in [0.5, 0.6) is 5.88 Å². The van der Waals surface area contributed by atoms with E-state index in [9.17, 15) is 9.59 Å². The van der Waals surface area contributed by atoms with Crippen LogP contribution in [0.3, 0.4) is 0 Å². The largest absolute Gasteiger partial charge is 0.469 e. The van der Waals surface area contributed by atoms with Crippen LogP contribution in [0.4, 0.5) is 0 Å². The van der Waals surface area contributed by atoms with Gasteiger partial charge in [-0.05, 0) is 32.4 Å². The maximum absolute atomic E-state index is 11.8. The van der Waals surface area contributed by atoms with Crippen LogP contribution in [0.2, 0.25) is 0 Å². The molecule has 2 rings (SSSR count). The van der Waals surface area contributed by atoms with E-state index in [0.717, 1.165) is 28.6 Å². The van der Waals surface area contributed by atoms with Gasteiger partial charge in [0.15, 0.2) is 0 Å². The molecule has 1 fully saturated rings. The summed E-state index contributed by atoms with van der Waals surface area (Å²) in [6, 6.07) is 0. The van der Waals surface area contributed by atoms with Gasteiger partial charge in [0.1, 0.15) is 6.10 Å². The zero-order chi connectivity index (χ0) is 13.3. The highest BCUT2D eigenvalue weighted by Gasteiger charge is 2.31. The van der Waals surface area contributed by atoms with Gasteiger partial charge in [0.25, 0.3) is 5.88 Å². The molecule has 0 aliphatic heterocycles. The van der Waals surface area contributed by atoms with Gasteiger partial charge in [0, 0.05) is 14.1 Å². The monoisotopic (exact) mass is 254 g/mol. The number of rotatable bonds is 4. The SMILES string of the molecule is CNCC1CC(Oc2nn(C)c(=O)n(C)c2=O)C1. The highest BCUT2D eigenvalue weighted by molar-refractivity contribution is 5.03. The first-order valence-electron chi connectivity index (χ1n) is 5.98. The number of nitrogens with zero attached hydrogens (tertiary/aromatic N) is 3. The Morgan fingerprint density at radius 2 is 2.06 bits per heavy atom. The summed E-state index contributed by atoms with van der Waals surface area (Å²) in [5.74, 6) is 0.601. The normalized spacial score (nSPS) is 22.6. The standard InChI is InChI=1S/C11H18N4O3/c1-12-6-7-4-8(5-7)18-9-10(16)14(2)11(17)15(3)13-9/h7-8,12H,4-6H2,1-3H3. The van der Waals surface area contributed by atoms with E-state index in [4.69, 9.17) is 4.74 Å². The van der Waals surface area contributed by atoms with Gasteiger partial charge in [0.2, 0.25) is 0 Å². The van der Waals surface area contributed by atoms with E-state index in [1.807, 2.05) is 7.05 Å². The summed E-state index contributed by atoms with van der Waals surface area (Å²) in [6.45, 7) is 0.957. The molecule has 0 radical (unpaired) electrons. The quantitative estimate of drug-likeness (QED) is 0.734. The van der Waals surface area contributed by atoms with Crippen LogP contribution in [0.15, 0.2) is 9.59 Å². The van der Waals surface area contributed by atoms with E-state index in [0.29, 0.717) is 5.92 Å². The fraction of sp³-hybridized carbons (Fsp3) is 0.727. The Balaban J connectivity index is 2.08. The average molecular weight is 254 g/mol. The van der Waals surface area contributed by atoms with Gasteiger partial charge in [-0.25, -0.2) is 9.48 Å². The van der Waals surface area contributed by atoms with E-state index >= 15 is 0 Å². The lowest BCUT2D eigenvalue weighted by atomic mass is 9.82. The summed E-state index contributed by atoms with van der Waals surface area (Å²) in [5, 5.41) is 6.97. The smallest absolute Gasteiger partial charge is 0.347 e. The van der Waals surface area contributed by atoms with E-state index < -0.39 is 11.2 Å². The molecule has 0 aromatic carbocycles. The lowest BCUT2D eigenvalue weighted by Crippen LogP contribution is -2.43. The van der Waals surface area contributed by atoms with Gasteiger partial charge in [0.05, 0.1) is 0 Å². The molecule has 1 aliphatic rings. The summed E-state index contributed by atoms with van der Waals surface area (Å²) in [6.07, 6.45) is 1.85. The average Bonchev–Trinajstić information content (AvgIpc) is 2.30. The molecule has 0 amide bonds. The minimum absolute atomic E-state index is 0.00695. The van der Waals surface area contributed by atoms with Gasteiger partial charge >= 0.3 is 11.2 Å². The first-order chi connectivity index (χ1) is 8.52. The Labute approximate surface area is 104 Å². The van der Waals surface area contributed by atoms with Crippen molar-refractivity contribution in [2.75, 3.05) is 13.6 Å². The fourth-order valence-electron chi connectivity index (χ4n) is 2.13. The minimum Gasteiger partial charge on any atom is -0.469 e.